The van der Waals surface area contributed by atoms with Gasteiger partial charge in [0.15, 0.2) is 0 Å². The first-order valence-electron chi connectivity index (χ1n) is 4.80. The van der Waals surface area contributed by atoms with E-state index in [2.05, 4.69) is 21.2 Å². The highest BCUT2D eigenvalue weighted by molar-refractivity contribution is 9.10. The zero-order chi connectivity index (χ0) is 12.0. The molecule has 1 fully saturated rings. The Balaban J connectivity index is 0.000000165. The van der Waals surface area contributed by atoms with Crippen LogP contribution in [0.3, 0.4) is 0 Å². The summed E-state index contributed by atoms with van der Waals surface area (Å²) in [6.45, 7) is 0.704. The van der Waals surface area contributed by atoms with Crippen LogP contribution in [0.25, 0.3) is 0 Å². The summed E-state index contributed by atoms with van der Waals surface area (Å²) in [7, 11) is 0. The van der Waals surface area contributed by atoms with Crippen molar-refractivity contribution in [1.82, 2.24) is 5.32 Å². The normalized spacial score (nSPS) is 18.8. The molecule has 1 unspecified atom stereocenters. The van der Waals surface area contributed by atoms with Gasteiger partial charge >= 0.3 is 5.97 Å². The number of benzene rings is 1. The lowest BCUT2D eigenvalue weighted by Gasteiger charge is -2.01. The lowest BCUT2D eigenvalue weighted by Crippen LogP contribution is -2.34. The highest BCUT2D eigenvalue weighted by Gasteiger charge is 2.26. The first-order chi connectivity index (χ1) is 7.61. The van der Waals surface area contributed by atoms with Crippen LogP contribution in [0.5, 0.6) is 0 Å². The van der Waals surface area contributed by atoms with E-state index in [0.29, 0.717) is 17.8 Å². The molecule has 0 amide bonds. The molecule has 0 spiro atoms. The van der Waals surface area contributed by atoms with Crippen LogP contribution in [0.4, 0.5) is 0 Å². The quantitative estimate of drug-likeness (QED) is 0.781. The molecule has 0 aromatic heterocycles. The van der Waals surface area contributed by atoms with E-state index in [1.54, 1.807) is 0 Å². The summed E-state index contributed by atoms with van der Waals surface area (Å²) in [6.07, 6.45) is 0.715. The van der Waals surface area contributed by atoms with Crippen LogP contribution in [0, 0.1) is 0 Å². The summed E-state index contributed by atoms with van der Waals surface area (Å²) in [5.41, 5.74) is 0. The van der Waals surface area contributed by atoms with E-state index in [-0.39, 0.29) is 0 Å². The average molecular weight is 302 g/mol. The topological polar surface area (TPSA) is 49.3 Å². The Kier molecular flexibility index (Phi) is 5.59. The smallest absolute Gasteiger partial charge is 0.325 e. The van der Waals surface area contributed by atoms with Crippen LogP contribution >= 0.6 is 28.1 Å². The van der Waals surface area contributed by atoms with Gasteiger partial charge in [-0.1, -0.05) is 46.3 Å². The Morgan fingerprint density at radius 1 is 1.44 bits per heavy atom. The Morgan fingerprint density at radius 2 is 2.06 bits per heavy atom. The second kappa shape index (κ2) is 6.73. The van der Waals surface area contributed by atoms with E-state index in [9.17, 15) is 4.79 Å². The lowest BCUT2D eigenvalue weighted by molar-refractivity contribution is -0.137. The summed E-state index contributed by atoms with van der Waals surface area (Å²) >= 11 is 8.08. The second-order valence-electron chi connectivity index (χ2n) is 3.24. The molecule has 16 heavy (non-hydrogen) atoms. The number of carbonyl (C=O) groups is 1. The molecule has 1 atom stereocenters. The maximum Gasteiger partial charge on any atom is 0.325 e. The number of aliphatic carboxylic acids is 1. The molecule has 1 aromatic rings. The monoisotopic (exact) mass is 301 g/mol. The van der Waals surface area contributed by atoms with Gasteiger partial charge in [-0.05, 0) is 18.6 Å². The van der Waals surface area contributed by atoms with Crippen molar-refractivity contribution in [3.63, 3.8) is 0 Å². The van der Waals surface area contributed by atoms with Crippen molar-refractivity contribution in [2.45, 2.75) is 12.5 Å². The number of carboxylic acid groups (broad SMARTS) is 1. The molecule has 0 radical (unpaired) electrons. The molecule has 2 rings (SSSR count). The van der Waals surface area contributed by atoms with Crippen LogP contribution in [-0.2, 0) is 4.79 Å². The van der Waals surface area contributed by atoms with Crippen molar-refractivity contribution in [2.75, 3.05) is 6.54 Å². The maximum absolute atomic E-state index is 10.3. The Morgan fingerprint density at radius 3 is 2.31 bits per heavy atom. The number of thiocarbonyl (C=S) groups is 1. The molecule has 86 valence electrons. The third kappa shape index (κ3) is 4.38. The predicted octanol–water partition coefficient (Wildman–Crippen LogP) is 2.25. The minimum absolute atomic E-state index is 0.569. The van der Waals surface area contributed by atoms with Gasteiger partial charge in [0, 0.05) is 15.9 Å². The molecule has 1 saturated heterocycles. The number of halogens is 1. The minimum atomic E-state index is -0.863. The van der Waals surface area contributed by atoms with Gasteiger partial charge in [0.05, 0.1) is 0 Å². The van der Waals surface area contributed by atoms with Crippen LogP contribution in [0.15, 0.2) is 34.8 Å². The largest absolute Gasteiger partial charge is 0.480 e. The fourth-order valence-corrected chi connectivity index (χ4v) is 1.83. The molecule has 0 saturated carbocycles. The molecule has 1 heterocycles. The van der Waals surface area contributed by atoms with Crippen LogP contribution in [-0.4, -0.2) is 28.5 Å². The van der Waals surface area contributed by atoms with Crippen molar-refractivity contribution in [2.24, 2.45) is 0 Å². The van der Waals surface area contributed by atoms with E-state index in [0.717, 1.165) is 4.47 Å². The number of nitrogens with one attached hydrogen (secondary N) is 1. The van der Waals surface area contributed by atoms with E-state index >= 15 is 0 Å². The summed E-state index contributed by atoms with van der Waals surface area (Å²) < 4.78 is 1.13. The summed E-state index contributed by atoms with van der Waals surface area (Å²) in [6, 6.07) is 9.40. The van der Waals surface area contributed by atoms with Gasteiger partial charge in [-0.2, -0.15) is 0 Å². The number of rotatable bonds is 1. The molecule has 2 N–H and O–H groups in total. The first-order valence-corrected chi connectivity index (χ1v) is 6.01. The van der Waals surface area contributed by atoms with Crippen molar-refractivity contribution in [1.29, 1.82) is 0 Å². The van der Waals surface area contributed by atoms with Gasteiger partial charge in [0.1, 0.15) is 6.04 Å². The Bertz CT molecular complexity index is 370. The summed E-state index contributed by atoms with van der Waals surface area (Å²) in [5, 5.41) is 11.2. The van der Waals surface area contributed by atoms with Gasteiger partial charge in [0.2, 0.25) is 0 Å². The Hall–Kier alpha value is -0.780. The van der Waals surface area contributed by atoms with E-state index in [1.165, 1.54) is 0 Å². The van der Waals surface area contributed by atoms with Gasteiger partial charge in [0.25, 0.3) is 0 Å². The molecule has 1 aliphatic rings. The van der Waals surface area contributed by atoms with Crippen molar-refractivity contribution in [3.8, 4) is 0 Å². The van der Waals surface area contributed by atoms with Gasteiger partial charge in [-0.15, -0.1) is 0 Å². The Labute approximate surface area is 108 Å². The molecular formula is C11H12BrNO2S. The summed E-state index contributed by atoms with van der Waals surface area (Å²) in [4.78, 5) is 10.9. The fraction of sp³-hybridized carbons (Fsp3) is 0.273. The maximum atomic E-state index is 10.3. The molecule has 3 nitrogen and oxygen atoms in total. The van der Waals surface area contributed by atoms with E-state index < -0.39 is 12.0 Å². The minimum Gasteiger partial charge on any atom is -0.480 e. The highest BCUT2D eigenvalue weighted by atomic mass is 79.9. The zero-order valence-corrected chi connectivity index (χ0v) is 10.9. The van der Waals surface area contributed by atoms with Crippen LogP contribution in [0.2, 0.25) is 0 Å². The number of hydrogen-bond donors (Lipinski definition) is 2. The van der Waals surface area contributed by atoms with Gasteiger partial charge in [-0.25, -0.2) is 0 Å². The SMILES string of the molecule is Brc1ccccc1.O=C(O)C1NCCC1=S. The molecule has 5 heteroatoms. The summed E-state index contributed by atoms with van der Waals surface area (Å²) in [5.74, 6) is -0.863. The van der Waals surface area contributed by atoms with Gasteiger partial charge < -0.3 is 5.11 Å². The van der Waals surface area contributed by atoms with E-state index in [4.69, 9.17) is 17.3 Å². The van der Waals surface area contributed by atoms with Crippen LogP contribution in [0.1, 0.15) is 6.42 Å². The second-order valence-corrected chi connectivity index (χ2v) is 4.68. The van der Waals surface area contributed by atoms with Gasteiger partial charge in [-0.3, -0.25) is 10.1 Å². The molecule has 0 aliphatic carbocycles. The van der Waals surface area contributed by atoms with Crippen molar-refractivity contribution in [3.05, 3.63) is 34.8 Å². The molecule has 1 aliphatic heterocycles. The van der Waals surface area contributed by atoms with Crippen LogP contribution < -0.4 is 5.32 Å². The first kappa shape index (κ1) is 13.3. The third-order valence-electron chi connectivity index (χ3n) is 2.02. The zero-order valence-electron chi connectivity index (χ0n) is 8.52. The molecule has 1 aromatic carbocycles. The molecule has 0 bridgehead atoms. The van der Waals surface area contributed by atoms with E-state index in [1.807, 2.05) is 30.3 Å². The lowest BCUT2D eigenvalue weighted by atomic mass is 10.2. The fourth-order valence-electron chi connectivity index (χ4n) is 1.24. The highest BCUT2D eigenvalue weighted by Crippen LogP contribution is 2.05. The average Bonchev–Trinajstić information content (AvgIpc) is 2.66. The number of carboxylic acids is 1. The third-order valence-corrected chi connectivity index (χ3v) is 2.99. The standard InChI is InChI=1S/C6H5Br.C5H7NO2S/c7-6-4-2-1-3-5-6;7-5(8)4-3(9)1-2-6-4/h1-5H;4,6H,1-2H2,(H,7,8). The van der Waals surface area contributed by atoms with Crippen molar-refractivity contribution < 1.29 is 9.90 Å². The number of hydrogen-bond acceptors (Lipinski definition) is 3. The van der Waals surface area contributed by atoms with Crippen molar-refractivity contribution >= 4 is 39.0 Å². The predicted molar refractivity (Wildman–Crippen MR) is 70.8 cm³/mol. The molecular weight excluding hydrogens is 290 g/mol.